The smallest absolute Gasteiger partial charge is 0.206 e. The summed E-state index contributed by atoms with van der Waals surface area (Å²) < 4.78 is 31.4. The van der Waals surface area contributed by atoms with Crippen LogP contribution >= 0.6 is 11.2 Å². The minimum atomic E-state index is -4.00. The van der Waals surface area contributed by atoms with Crippen LogP contribution in [0.25, 0.3) is 6.08 Å². The highest BCUT2D eigenvalue weighted by Crippen LogP contribution is 2.60. The Morgan fingerprint density at radius 2 is 1.88 bits per heavy atom. The van der Waals surface area contributed by atoms with Gasteiger partial charge in [-0.3, -0.25) is 0 Å². The van der Waals surface area contributed by atoms with Crippen LogP contribution in [0.15, 0.2) is 23.9 Å². The van der Waals surface area contributed by atoms with E-state index in [1.807, 2.05) is 19.1 Å². The Hall–Kier alpha value is -1.36. The number of halogens is 2. The van der Waals surface area contributed by atoms with E-state index in [-0.39, 0.29) is 0 Å². The first-order valence-electron chi connectivity index (χ1n) is 5.38. The lowest BCUT2D eigenvalue weighted by Gasteiger charge is -2.24. The van der Waals surface area contributed by atoms with Gasteiger partial charge in [0.05, 0.1) is 5.69 Å². The highest BCUT2D eigenvalue weighted by molar-refractivity contribution is 8.18. The third-order valence-electron chi connectivity index (χ3n) is 3.14. The zero-order valence-electron chi connectivity index (χ0n) is 9.87. The number of fused-ring (bicyclic) bond motifs is 2. The minimum Gasteiger partial charge on any atom is -0.206 e. The zero-order chi connectivity index (χ0) is 12.4. The quantitative estimate of drug-likeness (QED) is 0.624. The molecule has 2 nitrogen and oxygen atoms in total. The van der Waals surface area contributed by atoms with E-state index in [1.165, 1.54) is 3.97 Å². The summed E-state index contributed by atoms with van der Waals surface area (Å²) in [6, 6.07) is 1.81. The monoisotopic (exact) mass is 255 g/mol. The second-order valence-electron chi connectivity index (χ2n) is 4.40. The van der Waals surface area contributed by atoms with Crippen LogP contribution in [0, 0.1) is 13.8 Å². The topological polar surface area (TPSA) is 7.94 Å². The van der Waals surface area contributed by atoms with E-state index in [0.29, 0.717) is 22.8 Å². The van der Waals surface area contributed by atoms with Gasteiger partial charge in [0.2, 0.25) is 5.70 Å². The molecule has 1 aromatic heterocycles. The molecule has 0 fully saturated rings. The van der Waals surface area contributed by atoms with Crippen LogP contribution in [0.3, 0.4) is 0 Å². The van der Waals surface area contributed by atoms with Gasteiger partial charge in [-0.05, 0) is 25.5 Å². The number of rotatable bonds is 0. The third-order valence-corrected chi connectivity index (χ3v) is 5.00. The number of hydrogen-bond acceptors (Lipinski definition) is 0. The summed E-state index contributed by atoms with van der Waals surface area (Å²) >= 11 is -4.00. The highest BCUT2D eigenvalue weighted by atomic mass is 32.3. The summed E-state index contributed by atoms with van der Waals surface area (Å²) in [6.07, 6.45) is 5.32. The summed E-state index contributed by atoms with van der Waals surface area (Å²) in [4.78, 5) is 0. The lowest BCUT2D eigenvalue weighted by molar-refractivity contribution is -0.301. The Balaban J connectivity index is 2.39. The van der Waals surface area contributed by atoms with E-state index >= 15 is 0 Å². The fourth-order valence-corrected chi connectivity index (χ4v) is 4.20. The average Bonchev–Trinajstić information content (AvgIpc) is 2.70. The molecule has 17 heavy (non-hydrogen) atoms. The molecule has 0 aromatic carbocycles. The van der Waals surface area contributed by atoms with Gasteiger partial charge in [-0.25, -0.2) is 3.97 Å². The standard InChI is InChI=1S/C12H13F2N2S/c1-8-6-10(3)16-12(8)7-11-5-4-9(2)15(11)17(16,13)14/h4-7H,1-3H3/q+1. The maximum absolute atomic E-state index is 14.5. The summed E-state index contributed by atoms with van der Waals surface area (Å²) in [5, 5.41) is 0. The van der Waals surface area contributed by atoms with E-state index in [4.69, 9.17) is 0 Å². The molecule has 0 spiro atoms. The van der Waals surface area contributed by atoms with Crippen LogP contribution in [0.1, 0.15) is 23.9 Å². The molecule has 2 aliphatic rings. The SMILES string of the molecule is CC1=[N+]2C(=Cc3c(C)cc(C)n3S2(F)F)C=C1. The van der Waals surface area contributed by atoms with E-state index < -0.39 is 11.2 Å². The van der Waals surface area contributed by atoms with E-state index in [1.54, 1.807) is 26.0 Å². The molecule has 90 valence electrons. The van der Waals surface area contributed by atoms with Crippen molar-refractivity contribution in [3.05, 3.63) is 40.9 Å². The van der Waals surface area contributed by atoms with Crippen LogP contribution in [0.4, 0.5) is 7.77 Å². The molecular weight excluding hydrogens is 242 g/mol. The van der Waals surface area contributed by atoms with Gasteiger partial charge in [0.15, 0.2) is 5.71 Å². The summed E-state index contributed by atoms with van der Waals surface area (Å²) in [5.74, 6) is 0. The van der Waals surface area contributed by atoms with Crippen molar-refractivity contribution in [3.63, 3.8) is 0 Å². The Morgan fingerprint density at radius 3 is 2.59 bits per heavy atom. The predicted molar refractivity (Wildman–Crippen MR) is 67.2 cm³/mol. The van der Waals surface area contributed by atoms with Crippen molar-refractivity contribution in [2.45, 2.75) is 20.8 Å². The molecule has 2 aliphatic heterocycles. The van der Waals surface area contributed by atoms with Gasteiger partial charge in [0.25, 0.3) is 0 Å². The second-order valence-corrected chi connectivity index (χ2v) is 5.96. The van der Waals surface area contributed by atoms with Crippen molar-refractivity contribution in [2.75, 3.05) is 0 Å². The van der Waals surface area contributed by atoms with E-state index in [9.17, 15) is 7.77 Å². The molecule has 0 unspecified atom stereocenters. The molecule has 0 aliphatic carbocycles. The van der Waals surface area contributed by atoms with Crippen molar-refractivity contribution in [2.24, 2.45) is 0 Å². The molecule has 0 saturated carbocycles. The number of hydrogen-bond donors (Lipinski definition) is 0. The third kappa shape index (κ3) is 1.23. The van der Waals surface area contributed by atoms with Gasteiger partial charge in [0.1, 0.15) is 0 Å². The number of aromatic nitrogens is 1. The highest BCUT2D eigenvalue weighted by Gasteiger charge is 2.49. The molecule has 3 heterocycles. The zero-order valence-corrected chi connectivity index (χ0v) is 10.7. The molecule has 0 bridgehead atoms. The summed E-state index contributed by atoms with van der Waals surface area (Å²) in [6.45, 7) is 5.32. The molecule has 5 heteroatoms. The molecule has 1 aromatic rings. The molecule has 0 N–H and O–H groups in total. The number of nitrogens with zero attached hydrogens (tertiary/aromatic N) is 2. The Morgan fingerprint density at radius 1 is 1.18 bits per heavy atom. The van der Waals surface area contributed by atoms with Crippen LogP contribution in [0.2, 0.25) is 0 Å². The van der Waals surface area contributed by atoms with Crippen LogP contribution in [-0.4, -0.2) is 13.7 Å². The maximum atomic E-state index is 14.5. The molecule has 0 atom stereocenters. The second kappa shape index (κ2) is 3.10. The Kier molecular flexibility index (Phi) is 1.96. The van der Waals surface area contributed by atoms with Gasteiger partial charge in [0, 0.05) is 30.8 Å². The van der Waals surface area contributed by atoms with Gasteiger partial charge in [-0.2, -0.15) is 0 Å². The van der Waals surface area contributed by atoms with Crippen LogP contribution < -0.4 is 0 Å². The fraction of sp³-hybridized carbons (Fsp3) is 0.250. The van der Waals surface area contributed by atoms with Crippen molar-refractivity contribution in [1.82, 2.24) is 3.97 Å². The predicted octanol–water partition coefficient (Wildman–Crippen LogP) is 3.75. The Bertz CT molecular complexity index is 621. The first kappa shape index (κ1) is 10.8. The molecular formula is C12H13F2N2S+. The number of allylic oxidation sites excluding steroid dienone is 2. The van der Waals surface area contributed by atoms with Gasteiger partial charge in [-0.1, -0.05) is 11.8 Å². The first-order chi connectivity index (χ1) is 7.93. The van der Waals surface area contributed by atoms with Crippen molar-refractivity contribution >= 4 is 23.0 Å². The van der Waals surface area contributed by atoms with E-state index in [0.717, 1.165) is 9.54 Å². The maximum Gasteiger partial charge on any atom is 0.387 e. The molecule has 0 radical (unpaired) electrons. The lowest BCUT2D eigenvalue weighted by atomic mass is 10.2. The summed E-state index contributed by atoms with van der Waals surface area (Å²) in [5.41, 5.74) is 3.35. The normalized spacial score (nSPS) is 22.3. The minimum absolute atomic E-state index is 0.594. The van der Waals surface area contributed by atoms with Gasteiger partial charge < -0.3 is 0 Å². The largest absolute Gasteiger partial charge is 0.387 e. The fourth-order valence-electron chi connectivity index (χ4n) is 2.43. The van der Waals surface area contributed by atoms with Gasteiger partial charge in [-0.15, -0.1) is 0 Å². The summed E-state index contributed by atoms with van der Waals surface area (Å²) in [7, 11) is 0. The Labute approximate surface area is 101 Å². The average molecular weight is 255 g/mol. The molecule has 0 amide bonds. The van der Waals surface area contributed by atoms with Crippen molar-refractivity contribution in [3.8, 4) is 0 Å². The first-order valence-corrected chi connectivity index (χ1v) is 6.73. The lowest BCUT2D eigenvalue weighted by Crippen LogP contribution is -2.23. The van der Waals surface area contributed by atoms with Crippen LogP contribution in [0.5, 0.6) is 0 Å². The number of aryl methyl sites for hydroxylation is 2. The van der Waals surface area contributed by atoms with Crippen LogP contribution in [-0.2, 0) is 0 Å². The van der Waals surface area contributed by atoms with Crippen molar-refractivity contribution < 1.29 is 11.8 Å². The van der Waals surface area contributed by atoms with Gasteiger partial charge >= 0.3 is 11.2 Å². The molecule has 0 saturated heterocycles. The van der Waals surface area contributed by atoms with Crippen molar-refractivity contribution in [1.29, 1.82) is 0 Å². The van der Waals surface area contributed by atoms with E-state index in [2.05, 4.69) is 0 Å². The molecule has 3 rings (SSSR count).